The maximum Gasteiger partial charge on any atom is 0.283 e. The first kappa shape index (κ1) is 23.4. The van der Waals surface area contributed by atoms with E-state index in [-0.39, 0.29) is 34.6 Å². The van der Waals surface area contributed by atoms with Gasteiger partial charge in [0.05, 0.1) is 34.5 Å². The van der Waals surface area contributed by atoms with Gasteiger partial charge in [-0.3, -0.25) is 19.6 Å². The van der Waals surface area contributed by atoms with Crippen LogP contribution in [-0.4, -0.2) is 27.7 Å². The predicted molar refractivity (Wildman–Crippen MR) is 119 cm³/mol. The van der Waals surface area contributed by atoms with Crippen molar-refractivity contribution in [2.45, 2.75) is 31.7 Å². The normalized spacial score (nSPS) is 13.1. The van der Waals surface area contributed by atoms with E-state index >= 15 is 0 Å². The van der Waals surface area contributed by atoms with Gasteiger partial charge in [0, 0.05) is 18.1 Å². The minimum atomic E-state index is -2.87. The molecule has 3 aromatic rings. The summed E-state index contributed by atoms with van der Waals surface area (Å²) in [5, 5.41) is 17.6. The quantitative estimate of drug-likeness (QED) is 0.303. The van der Waals surface area contributed by atoms with Gasteiger partial charge < -0.3 is 14.8 Å². The van der Waals surface area contributed by atoms with Crippen molar-refractivity contribution in [1.82, 2.24) is 9.78 Å². The summed E-state index contributed by atoms with van der Waals surface area (Å²) in [5.41, 5.74) is -0.373. The van der Waals surface area contributed by atoms with Crippen molar-refractivity contribution in [3.8, 4) is 17.2 Å². The number of nitrogens with zero attached hydrogens (tertiary/aromatic N) is 3. The van der Waals surface area contributed by atoms with Crippen LogP contribution < -0.4 is 14.8 Å². The highest BCUT2D eigenvalue weighted by atomic mass is 35.5. The van der Waals surface area contributed by atoms with Crippen LogP contribution in [-0.2, 0) is 11.3 Å². The van der Waals surface area contributed by atoms with Crippen LogP contribution in [0.4, 0.5) is 20.2 Å². The molecule has 1 aliphatic rings. The molecule has 1 fully saturated rings. The van der Waals surface area contributed by atoms with E-state index in [1.165, 1.54) is 30.0 Å². The number of benzene rings is 2. The molecule has 1 aliphatic carbocycles. The minimum Gasteiger partial charge on any atom is -0.497 e. The first-order chi connectivity index (χ1) is 16.2. The Kier molecular flexibility index (Phi) is 6.64. The van der Waals surface area contributed by atoms with Crippen LogP contribution in [0.1, 0.15) is 36.6 Å². The zero-order valence-corrected chi connectivity index (χ0v) is 18.6. The monoisotopic (exact) mass is 492 g/mol. The number of non-ortho nitro benzene ring substituents is 1. The summed E-state index contributed by atoms with van der Waals surface area (Å²) < 4.78 is 38.4. The molecule has 9 nitrogen and oxygen atoms in total. The Morgan fingerprint density at radius 3 is 2.50 bits per heavy atom. The first-order valence-corrected chi connectivity index (χ1v) is 10.6. The number of anilines is 1. The molecule has 0 aliphatic heterocycles. The molecule has 1 heterocycles. The van der Waals surface area contributed by atoms with E-state index in [0.717, 1.165) is 12.8 Å². The van der Waals surface area contributed by atoms with Crippen molar-refractivity contribution in [3.63, 3.8) is 0 Å². The number of hydrogen-bond acceptors (Lipinski definition) is 6. The highest BCUT2D eigenvalue weighted by molar-refractivity contribution is 6.32. The summed E-state index contributed by atoms with van der Waals surface area (Å²) >= 11 is 6.08. The van der Waals surface area contributed by atoms with Gasteiger partial charge in [-0.15, -0.1) is 0 Å². The number of aromatic nitrogens is 2. The molecule has 0 unspecified atom stereocenters. The number of nitro groups is 1. The van der Waals surface area contributed by atoms with Crippen LogP contribution in [0.2, 0.25) is 5.02 Å². The third kappa shape index (κ3) is 5.25. The Labute approximate surface area is 197 Å². The lowest BCUT2D eigenvalue weighted by atomic mass is 10.2. The fraction of sp³-hybridized carbons (Fsp3) is 0.273. The minimum absolute atomic E-state index is 0.0254. The number of carbonyl (C=O) groups is 1. The van der Waals surface area contributed by atoms with E-state index in [4.69, 9.17) is 21.1 Å². The summed E-state index contributed by atoms with van der Waals surface area (Å²) in [6, 6.07) is 10.4. The Bertz CT molecular complexity index is 1230. The molecular weight excluding hydrogens is 474 g/mol. The van der Waals surface area contributed by atoms with Crippen molar-refractivity contribution < 1.29 is 28.0 Å². The van der Waals surface area contributed by atoms with E-state index in [1.807, 2.05) is 0 Å². The molecule has 0 bridgehead atoms. The Balaban J connectivity index is 1.54. The number of nitrogens with one attached hydrogen (secondary N) is 1. The van der Waals surface area contributed by atoms with Crippen LogP contribution in [0.3, 0.4) is 0 Å². The molecule has 178 valence electrons. The van der Waals surface area contributed by atoms with Crippen molar-refractivity contribution in [2.75, 3.05) is 12.4 Å². The van der Waals surface area contributed by atoms with Crippen molar-refractivity contribution in [2.24, 2.45) is 0 Å². The highest BCUT2D eigenvalue weighted by Crippen LogP contribution is 2.45. The SMILES string of the molecule is COc1ccc(Oc2cc(NC(=O)Cn3nc(C(F)F)c(Cl)c3C3CC3)cc([N+](=O)[O-])c2)cc1. The van der Waals surface area contributed by atoms with Crippen molar-refractivity contribution in [1.29, 1.82) is 0 Å². The standard InChI is InChI=1S/C22H19ClF2N4O5/c1-33-15-4-6-16(7-5-15)34-17-9-13(8-14(10-17)29(31)32)26-18(30)11-28-21(12-2-3-12)19(23)20(27-28)22(24)25/h4-10,12,22H,2-3,11H2,1H3,(H,26,30). The Morgan fingerprint density at radius 2 is 1.91 bits per heavy atom. The zero-order valence-electron chi connectivity index (χ0n) is 17.8. The molecule has 0 atom stereocenters. The predicted octanol–water partition coefficient (Wildman–Crippen LogP) is 5.70. The third-order valence-corrected chi connectivity index (χ3v) is 5.49. The first-order valence-electron chi connectivity index (χ1n) is 10.2. The molecule has 1 aromatic heterocycles. The number of methoxy groups -OCH3 is 1. The number of carbonyl (C=O) groups excluding carboxylic acids is 1. The largest absolute Gasteiger partial charge is 0.497 e. The molecule has 0 spiro atoms. The third-order valence-electron chi connectivity index (χ3n) is 5.10. The second-order valence-corrected chi connectivity index (χ2v) is 7.99. The van der Waals surface area contributed by atoms with Gasteiger partial charge in [0.2, 0.25) is 5.91 Å². The number of hydrogen-bond donors (Lipinski definition) is 1. The van der Waals surface area contributed by atoms with Gasteiger partial charge in [0.15, 0.2) is 0 Å². The van der Waals surface area contributed by atoms with Gasteiger partial charge >= 0.3 is 0 Å². The van der Waals surface area contributed by atoms with E-state index in [9.17, 15) is 23.7 Å². The van der Waals surface area contributed by atoms with Crippen molar-refractivity contribution in [3.05, 3.63) is 69.0 Å². The zero-order chi connectivity index (χ0) is 24.4. The fourth-order valence-corrected chi connectivity index (χ4v) is 3.79. The van der Waals surface area contributed by atoms with E-state index < -0.39 is 22.9 Å². The van der Waals surface area contributed by atoms with E-state index in [2.05, 4.69) is 10.4 Å². The molecule has 4 rings (SSSR count). The van der Waals surface area contributed by atoms with Crippen LogP contribution >= 0.6 is 11.6 Å². The molecule has 1 amide bonds. The maximum atomic E-state index is 13.2. The number of halogens is 3. The van der Waals surface area contributed by atoms with Crippen LogP contribution in [0.25, 0.3) is 0 Å². The highest BCUT2D eigenvalue weighted by Gasteiger charge is 2.34. The Hall–Kier alpha value is -3.73. The average Bonchev–Trinajstić information content (AvgIpc) is 3.57. The molecule has 1 saturated carbocycles. The summed E-state index contributed by atoms with van der Waals surface area (Å²) in [5.74, 6) is 0.493. The molecule has 1 N–H and O–H groups in total. The number of alkyl halides is 2. The van der Waals surface area contributed by atoms with Gasteiger partial charge in [-0.2, -0.15) is 5.10 Å². The second-order valence-electron chi connectivity index (χ2n) is 7.62. The molecule has 2 aromatic carbocycles. The molecule has 0 saturated heterocycles. The molecule has 12 heteroatoms. The number of rotatable bonds is 9. The number of amides is 1. The van der Waals surface area contributed by atoms with Gasteiger partial charge in [0.1, 0.15) is 29.5 Å². The fourth-order valence-electron chi connectivity index (χ4n) is 3.42. The lowest BCUT2D eigenvalue weighted by Gasteiger charge is -2.11. The van der Waals surface area contributed by atoms with Crippen LogP contribution in [0.5, 0.6) is 17.2 Å². The number of ether oxygens (including phenoxy) is 2. The van der Waals surface area contributed by atoms with E-state index in [0.29, 0.717) is 17.2 Å². The molecule has 0 radical (unpaired) electrons. The van der Waals surface area contributed by atoms with Crippen LogP contribution in [0, 0.1) is 10.1 Å². The number of nitro benzene ring substituents is 1. The summed E-state index contributed by atoms with van der Waals surface area (Å²) in [4.78, 5) is 23.4. The Morgan fingerprint density at radius 1 is 1.24 bits per heavy atom. The van der Waals surface area contributed by atoms with Crippen molar-refractivity contribution >= 4 is 28.9 Å². The topological polar surface area (TPSA) is 109 Å². The van der Waals surface area contributed by atoms with Gasteiger partial charge in [0.25, 0.3) is 12.1 Å². The smallest absolute Gasteiger partial charge is 0.283 e. The van der Waals surface area contributed by atoms with Gasteiger partial charge in [-0.25, -0.2) is 8.78 Å². The van der Waals surface area contributed by atoms with Crippen LogP contribution in [0.15, 0.2) is 42.5 Å². The lowest BCUT2D eigenvalue weighted by Crippen LogP contribution is -2.21. The van der Waals surface area contributed by atoms with Gasteiger partial charge in [-0.05, 0) is 37.1 Å². The maximum absolute atomic E-state index is 13.2. The summed E-state index contributed by atoms with van der Waals surface area (Å²) in [6.07, 6.45) is -1.33. The summed E-state index contributed by atoms with van der Waals surface area (Å²) in [7, 11) is 1.52. The molecule has 34 heavy (non-hydrogen) atoms. The average molecular weight is 493 g/mol. The summed E-state index contributed by atoms with van der Waals surface area (Å²) in [6.45, 7) is -0.379. The van der Waals surface area contributed by atoms with Gasteiger partial charge in [-0.1, -0.05) is 11.6 Å². The lowest BCUT2D eigenvalue weighted by molar-refractivity contribution is -0.384. The molecular formula is C22H19ClF2N4O5. The second kappa shape index (κ2) is 9.64. The van der Waals surface area contributed by atoms with E-state index in [1.54, 1.807) is 24.3 Å².